The van der Waals surface area contributed by atoms with Gasteiger partial charge in [0.05, 0.1) is 5.41 Å². The van der Waals surface area contributed by atoms with Crippen molar-refractivity contribution in [1.29, 1.82) is 0 Å². The van der Waals surface area contributed by atoms with Gasteiger partial charge in [-0.1, -0.05) is 40.0 Å². The molecule has 2 bridgehead atoms. The fourth-order valence-electron chi connectivity index (χ4n) is 4.93. The van der Waals surface area contributed by atoms with Gasteiger partial charge in [-0.15, -0.1) is 0 Å². The SMILES string of the molecule is CC1(C)[C@]2(C(=O)NC3CCCCC3)CC[C@@]1(C)C(=O)C2. The Morgan fingerprint density at radius 2 is 1.75 bits per heavy atom. The summed E-state index contributed by atoms with van der Waals surface area (Å²) in [6.45, 7) is 6.33. The number of amides is 1. The minimum absolute atomic E-state index is 0.156. The monoisotopic (exact) mass is 277 g/mol. The molecule has 20 heavy (non-hydrogen) atoms. The molecule has 3 nitrogen and oxygen atoms in total. The predicted molar refractivity (Wildman–Crippen MR) is 78.2 cm³/mol. The Bertz CT molecular complexity index is 450. The summed E-state index contributed by atoms with van der Waals surface area (Å²) in [4.78, 5) is 25.3. The van der Waals surface area contributed by atoms with Gasteiger partial charge in [0.25, 0.3) is 0 Å². The molecule has 2 atom stereocenters. The van der Waals surface area contributed by atoms with E-state index in [0.29, 0.717) is 18.2 Å². The zero-order valence-electron chi connectivity index (χ0n) is 13.1. The lowest BCUT2D eigenvalue weighted by molar-refractivity contribution is -0.137. The van der Waals surface area contributed by atoms with Crippen molar-refractivity contribution in [2.24, 2.45) is 16.2 Å². The van der Waals surface area contributed by atoms with Crippen LogP contribution in [0.1, 0.15) is 72.1 Å². The third kappa shape index (κ3) is 1.58. The Morgan fingerprint density at radius 3 is 2.25 bits per heavy atom. The molecule has 3 heteroatoms. The van der Waals surface area contributed by atoms with Crippen LogP contribution in [0.25, 0.3) is 0 Å². The summed E-state index contributed by atoms with van der Waals surface area (Å²) < 4.78 is 0. The van der Waals surface area contributed by atoms with E-state index in [1.807, 2.05) is 0 Å². The second-order valence-electron chi connectivity index (χ2n) is 7.95. The van der Waals surface area contributed by atoms with Crippen LogP contribution in [-0.4, -0.2) is 17.7 Å². The molecule has 0 aromatic rings. The minimum Gasteiger partial charge on any atom is -0.353 e. The third-order valence-corrected chi connectivity index (χ3v) is 7.08. The molecule has 3 aliphatic rings. The van der Waals surface area contributed by atoms with E-state index in [1.165, 1.54) is 19.3 Å². The summed E-state index contributed by atoms with van der Waals surface area (Å²) in [5.74, 6) is 0.455. The van der Waals surface area contributed by atoms with E-state index in [2.05, 4.69) is 26.1 Å². The second-order valence-corrected chi connectivity index (χ2v) is 7.95. The summed E-state index contributed by atoms with van der Waals surface area (Å²) in [5.41, 5.74) is -0.955. The van der Waals surface area contributed by atoms with Gasteiger partial charge in [-0.2, -0.15) is 0 Å². The van der Waals surface area contributed by atoms with Gasteiger partial charge in [0, 0.05) is 17.9 Å². The first-order valence-electron chi connectivity index (χ1n) is 8.18. The van der Waals surface area contributed by atoms with Crippen molar-refractivity contribution in [3.05, 3.63) is 0 Å². The number of nitrogens with one attached hydrogen (secondary N) is 1. The lowest BCUT2D eigenvalue weighted by Crippen LogP contribution is -2.50. The predicted octanol–water partition coefficient (Wildman–Crippen LogP) is 3.22. The van der Waals surface area contributed by atoms with Crippen LogP contribution in [0, 0.1) is 16.2 Å². The number of ketones is 1. The minimum atomic E-state index is -0.448. The molecule has 0 aromatic carbocycles. The highest BCUT2D eigenvalue weighted by atomic mass is 16.2. The molecule has 0 saturated heterocycles. The van der Waals surface area contributed by atoms with Gasteiger partial charge in [-0.3, -0.25) is 9.59 Å². The van der Waals surface area contributed by atoms with Crippen molar-refractivity contribution < 1.29 is 9.59 Å². The Hall–Kier alpha value is -0.860. The first-order valence-corrected chi connectivity index (χ1v) is 8.18. The molecule has 112 valence electrons. The standard InChI is InChI=1S/C17H27NO2/c1-15(2)16(3)9-10-17(15,11-13(16)19)14(20)18-12-7-5-4-6-8-12/h12H,4-11H2,1-3H3,(H,18,20)/t16-,17+/m0/s1. The molecule has 3 saturated carbocycles. The highest BCUT2D eigenvalue weighted by Crippen LogP contribution is 2.70. The molecule has 0 unspecified atom stereocenters. The van der Waals surface area contributed by atoms with Gasteiger partial charge in [0.1, 0.15) is 5.78 Å². The van der Waals surface area contributed by atoms with Gasteiger partial charge in [-0.25, -0.2) is 0 Å². The lowest BCUT2D eigenvalue weighted by atomic mass is 9.64. The summed E-state index contributed by atoms with van der Waals surface area (Å²) in [7, 11) is 0. The van der Waals surface area contributed by atoms with Crippen LogP contribution in [0.2, 0.25) is 0 Å². The average Bonchev–Trinajstić information content (AvgIpc) is 2.70. The molecule has 0 radical (unpaired) electrons. The fourth-order valence-corrected chi connectivity index (χ4v) is 4.93. The van der Waals surface area contributed by atoms with E-state index in [0.717, 1.165) is 25.7 Å². The maximum atomic E-state index is 12.9. The van der Waals surface area contributed by atoms with E-state index in [-0.39, 0.29) is 16.7 Å². The quantitative estimate of drug-likeness (QED) is 0.842. The van der Waals surface area contributed by atoms with Gasteiger partial charge < -0.3 is 5.32 Å². The Kier molecular flexibility index (Phi) is 3.04. The molecule has 0 aromatic heterocycles. The summed E-state index contributed by atoms with van der Waals surface area (Å²) in [6, 6.07) is 0.337. The molecule has 0 aliphatic heterocycles. The second kappa shape index (κ2) is 4.32. The molecular weight excluding hydrogens is 250 g/mol. The van der Waals surface area contributed by atoms with Gasteiger partial charge in [-0.05, 0) is 31.1 Å². The van der Waals surface area contributed by atoms with Crippen LogP contribution >= 0.6 is 0 Å². The third-order valence-electron chi connectivity index (χ3n) is 7.08. The van der Waals surface area contributed by atoms with Crippen LogP contribution in [0.3, 0.4) is 0 Å². The largest absolute Gasteiger partial charge is 0.353 e. The summed E-state index contributed by atoms with van der Waals surface area (Å²) >= 11 is 0. The Labute approximate surface area is 121 Å². The normalized spacial score (nSPS) is 40.0. The first kappa shape index (κ1) is 14.1. The van der Waals surface area contributed by atoms with Gasteiger partial charge in [0.2, 0.25) is 5.91 Å². The van der Waals surface area contributed by atoms with E-state index in [1.54, 1.807) is 0 Å². The van der Waals surface area contributed by atoms with Crippen molar-refractivity contribution >= 4 is 11.7 Å². The van der Waals surface area contributed by atoms with Crippen LogP contribution in [-0.2, 0) is 9.59 Å². The molecule has 1 amide bonds. The van der Waals surface area contributed by atoms with Crippen molar-refractivity contribution in [2.45, 2.75) is 78.2 Å². The topological polar surface area (TPSA) is 46.2 Å². The number of fused-ring (bicyclic) bond motifs is 2. The maximum absolute atomic E-state index is 12.9. The van der Waals surface area contributed by atoms with E-state index >= 15 is 0 Å². The smallest absolute Gasteiger partial charge is 0.227 e. The van der Waals surface area contributed by atoms with Crippen LogP contribution < -0.4 is 5.32 Å². The number of Topliss-reactive ketones (excluding diaryl/α,β-unsaturated/α-hetero) is 1. The van der Waals surface area contributed by atoms with E-state index < -0.39 is 5.41 Å². The van der Waals surface area contributed by atoms with Crippen molar-refractivity contribution in [2.75, 3.05) is 0 Å². The molecule has 0 heterocycles. The number of rotatable bonds is 2. The summed E-state index contributed by atoms with van der Waals surface area (Å²) in [5, 5.41) is 3.28. The molecule has 0 spiro atoms. The van der Waals surface area contributed by atoms with E-state index in [9.17, 15) is 9.59 Å². The van der Waals surface area contributed by atoms with Crippen molar-refractivity contribution in [3.8, 4) is 0 Å². The zero-order chi connectivity index (χ0) is 14.6. The molecular formula is C17H27NO2. The van der Waals surface area contributed by atoms with Crippen LogP contribution in [0.5, 0.6) is 0 Å². The number of carbonyl (C=O) groups is 2. The fraction of sp³-hybridized carbons (Fsp3) is 0.882. The van der Waals surface area contributed by atoms with E-state index in [4.69, 9.17) is 0 Å². The highest BCUT2D eigenvalue weighted by Gasteiger charge is 2.72. The average molecular weight is 277 g/mol. The van der Waals surface area contributed by atoms with Crippen LogP contribution in [0.4, 0.5) is 0 Å². The van der Waals surface area contributed by atoms with Gasteiger partial charge in [0.15, 0.2) is 0 Å². The molecule has 3 aliphatic carbocycles. The first-order chi connectivity index (χ1) is 9.33. The van der Waals surface area contributed by atoms with Crippen LogP contribution in [0.15, 0.2) is 0 Å². The van der Waals surface area contributed by atoms with Crippen molar-refractivity contribution in [1.82, 2.24) is 5.32 Å². The maximum Gasteiger partial charge on any atom is 0.227 e. The Morgan fingerprint density at radius 1 is 1.10 bits per heavy atom. The summed E-state index contributed by atoms with van der Waals surface area (Å²) in [6.07, 6.45) is 8.14. The Balaban J connectivity index is 1.82. The lowest BCUT2D eigenvalue weighted by Gasteiger charge is -2.39. The number of hydrogen-bond donors (Lipinski definition) is 1. The highest BCUT2D eigenvalue weighted by molar-refractivity contribution is 5.99. The molecule has 3 rings (SSSR count). The van der Waals surface area contributed by atoms with Gasteiger partial charge >= 0.3 is 0 Å². The number of carbonyl (C=O) groups excluding carboxylic acids is 2. The van der Waals surface area contributed by atoms with Crippen molar-refractivity contribution in [3.63, 3.8) is 0 Å². The molecule has 3 fully saturated rings. The number of hydrogen-bond acceptors (Lipinski definition) is 2. The molecule has 1 N–H and O–H groups in total. The zero-order valence-corrected chi connectivity index (χ0v) is 13.1.